The zero-order valence-electron chi connectivity index (χ0n) is 11.1. The Kier molecular flexibility index (Phi) is 3.12. The molecule has 1 atom stereocenters. The van der Waals surface area contributed by atoms with Crippen molar-refractivity contribution in [1.82, 2.24) is 0 Å². The fourth-order valence-electron chi connectivity index (χ4n) is 2.49. The van der Waals surface area contributed by atoms with Gasteiger partial charge in [0.15, 0.2) is 0 Å². The highest BCUT2D eigenvalue weighted by Crippen LogP contribution is 2.43. The molecule has 0 aliphatic heterocycles. The van der Waals surface area contributed by atoms with Crippen molar-refractivity contribution in [2.24, 2.45) is 5.41 Å². The van der Waals surface area contributed by atoms with Crippen LogP contribution in [0.25, 0.3) is 5.57 Å². The number of carbonyl (C=O) groups is 1. The Hall–Kier alpha value is -1.83. The van der Waals surface area contributed by atoms with Crippen LogP contribution >= 0.6 is 0 Å². The van der Waals surface area contributed by atoms with Gasteiger partial charge in [0.1, 0.15) is 0 Å². The zero-order chi connectivity index (χ0) is 13.3. The van der Waals surface area contributed by atoms with Crippen LogP contribution < -0.4 is 0 Å². The molecule has 0 amide bonds. The minimum atomic E-state index is -0.581. The van der Waals surface area contributed by atoms with E-state index in [2.05, 4.69) is 12.6 Å². The second-order valence-electron chi connectivity index (χ2n) is 5.16. The molecule has 0 N–H and O–H groups in total. The first-order valence-corrected chi connectivity index (χ1v) is 6.03. The summed E-state index contributed by atoms with van der Waals surface area (Å²) >= 11 is 0. The van der Waals surface area contributed by atoms with Crippen molar-refractivity contribution in [3.8, 4) is 0 Å². The predicted octanol–water partition coefficient (Wildman–Crippen LogP) is 3.55. The number of hydrogen-bond acceptors (Lipinski definition) is 2. The van der Waals surface area contributed by atoms with Crippen molar-refractivity contribution in [3.05, 3.63) is 54.1 Å². The van der Waals surface area contributed by atoms with Crippen molar-refractivity contribution in [1.29, 1.82) is 0 Å². The Morgan fingerprint density at radius 1 is 1.33 bits per heavy atom. The smallest absolute Gasteiger partial charge is 0.312 e. The SMILES string of the molecule is C=C1C=CC(C(C)(C)C(=O)OC)c2ccccc21. The van der Waals surface area contributed by atoms with E-state index in [0.717, 1.165) is 16.7 Å². The Morgan fingerprint density at radius 3 is 2.67 bits per heavy atom. The highest BCUT2D eigenvalue weighted by Gasteiger charge is 2.39. The number of benzene rings is 1. The summed E-state index contributed by atoms with van der Waals surface area (Å²) in [7, 11) is 1.43. The molecule has 2 rings (SSSR count). The number of methoxy groups -OCH3 is 1. The van der Waals surface area contributed by atoms with Crippen LogP contribution in [0.1, 0.15) is 30.9 Å². The summed E-state index contributed by atoms with van der Waals surface area (Å²) < 4.78 is 4.91. The number of fused-ring (bicyclic) bond motifs is 1. The fourth-order valence-corrected chi connectivity index (χ4v) is 2.49. The van der Waals surface area contributed by atoms with Gasteiger partial charge in [0.2, 0.25) is 0 Å². The van der Waals surface area contributed by atoms with Crippen LogP contribution in [0.3, 0.4) is 0 Å². The van der Waals surface area contributed by atoms with Crippen LogP contribution in [0.4, 0.5) is 0 Å². The molecule has 1 unspecified atom stereocenters. The highest BCUT2D eigenvalue weighted by atomic mass is 16.5. The summed E-state index contributed by atoms with van der Waals surface area (Å²) in [6, 6.07) is 8.08. The van der Waals surface area contributed by atoms with Gasteiger partial charge < -0.3 is 4.74 Å². The van der Waals surface area contributed by atoms with E-state index in [-0.39, 0.29) is 11.9 Å². The first-order valence-electron chi connectivity index (χ1n) is 6.03. The topological polar surface area (TPSA) is 26.3 Å². The van der Waals surface area contributed by atoms with Crippen LogP contribution in [0.5, 0.6) is 0 Å². The van der Waals surface area contributed by atoms with E-state index in [1.165, 1.54) is 7.11 Å². The molecule has 0 radical (unpaired) electrons. The minimum absolute atomic E-state index is 0.0200. The lowest BCUT2D eigenvalue weighted by molar-refractivity contribution is -0.151. The van der Waals surface area contributed by atoms with Gasteiger partial charge in [-0.3, -0.25) is 4.79 Å². The Balaban J connectivity index is 2.51. The molecule has 0 saturated heterocycles. The van der Waals surface area contributed by atoms with Gasteiger partial charge in [0, 0.05) is 5.92 Å². The van der Waals surface area contributed by atoms with Crippen molar-refractivity contribution >= 4 is 11.5 Å². The average Bonchev–Trinajstić information content (AvgIpc) is 2.38. The van der Waals surface area contributed by atoms with Crippen LogP contribution in [0.2, 0.25) is 0 Å². The number of hydrogen-bond donors (Lipinski definition) is 0. The van der Waals surface area contributed by atoms with Gasteiger partial charge in [-0.25, -0.2) is 0 Å². The van der Waals surface area contributed by atoms with Crippen molar-refractivity contribution < 1.29 is 9.53 Å². The summed E-state index contributed by atoms with van der Waals surface area (Å²) in [5.74, 6) is -0.175. The maximum absolute atomic E-state index is 11.9. The van der Waals surface area contributed by atoms with Crippen molar-refractivity contribution in [3.63, 3.8) is 0 Å². The van der Waals surface area contributed by atoms with Gasteiger partial charge in [-0.1, -0.05) is 43.0 Å². The Bertz CT molecular complexity index is 524. The van der Waals surface area contributed by atoms with Gasteiger partial charge in [0.05, 0.1) is 12.5 Å². The number of carbonyl (C=O) groups excluding carboxylic acids is 1. The minimum Gasteiger partial charge on any atom is -0.469 e. The van der Waals surface area contributed by atoms with Crippen LogP contribution in [-0.2, 0) is 9.53 Å². The summed E-state index contributed by atoms with van der Waals surface area (Å²) in [5, 5.41) is 0. The lowest BCUT2D eigenvalue weighted by Crippen LogP contribution is -2.33. The van der Waals surface area contributed by atoms with Crippen LogP contribution in [-0.4, -0.2) is 13.1 Å². The van der Waals surface area contributed by atoms with Gasteiger partial charge in [-0.2, -0.15) is 0 Å². The first-order chi connectivity index (χ1) is 8.48. The molecule has 0 fully saturated rings. The molecule has 2 nitrogen and oxygen atoms in total. The molecule has 1 aromatic rings. The fraction of sp³-hybridized carbons (Fsp3) is 0.312. The van der Waals surface area contributed by atoms with E-state index in [1.54, 1.807) is 0 Å². The molecule has 1 aliphatic carbocycles. The van der Waals surface area contributed by atoms with Crippen molar-refractivity contribution in [2.45, 2.75) is 19.8 Å². The van der Waals surface area contributed by atoms with E-state index in [0.29, 0.717) is 0 Å². The van der Waals surface area contributed by atoms with Crippen molar-refractivity contribution in [2.75, 3.05) is 7.11 Å². The zero-order valence-corrected chi connectivity index (χ0v) is 11.1. The molecule has 2 heteroatoms. The maximum atomic E-state index is 11.9. The lowest BCUT2D eigenvalue weighted by Gasteiger charge is -2.33. The van der Waals surface area contributed by atoms with Crippen LogP contribution in [0, 0.1) is 5.41 Å². The number of esters is 1. The third kappa shape index (κ3) is 1.88. The number of ether oxygens (including phenoxy) is 1. The van der Waals surface area contributed by atoms with Crippen LogP contribution in [0.15, 0.2) is 43.0 Å². The molecule has 94 valence electrons. The van der Waals surface area contributed by atoms with Gasteiger partial charge >= 0.3 is 5.97 Å². The van der Waals surface area contributed by atoms with E-state index in [1.807, 2.05) is 44.2 Å². The molecule has 1 aliphatic rings. The molecule has 0 aromatic heterocycles. The molecule has 0 saturated carbocycles. The molecule has 0 spiro atoms. The summed E-state index contributed by atoms with van der Waals surface area (Å²) in [5.41, 5.74) is 2.66. The quantitative estimate of drug-likeness (QED) is 0.741. The number of rotatable bonds is 2. The molecular weight excluding hydrogens is 224 g/mol. The lowest BCUT2D eigenvalue weighted by atomic mass is 9.70. The molecule has 0 heterocycles. The molecule has 1 aromatic carbocycles. The molecular formula is C16H18O2. The van der Waals surface area contributed by atoms with Gasteiger partial charge in [0.25, 0.3) is 0 Å². The number of allylic oxidation sites excluding steroid dienone is 3. The Labute approximate surface area is 108 Å². The second kappa shape index (κ2) is 4.45. The van der Waals surface area contributed by atoms with E-state index >= 15 is 0 Å². The average molecular weight is 242 g/mol. The largest absolute Gasteiger partial charge is 0.469 e. The molecule has 0 bridgehead atoms. The van der Waals surface area contributed by atoms with E-state index in [4.69, 9.17) is 4.74 Å². The van der Waals surface area contributed by atoms with Gasteiger partial charge in [-0.05, 0) is 30.5 Å². The predicted molar refractivity (Wildman–Crippen MR) is 73.2 cm³/mol. The monoisotopic (exact) mass is 242 g/mol. The summed E-state index contributed by atoms with van der Waals surface area (Å²) in [4.78, 5) is 11.9. The van der Waals surface area contributed by atoms with E-state index in [9.17, 15) is 4.79 Å². The summed E-state index contributed by atoms with van der Waals surface area (Å²) in [6.45, 7) is 7.86. The highest BCUT2D eigenvalue weighted by molar-refractivity contribution is 5.82. The third-order valence-corrected chi connectivity index (χ3v) is 3.62. The first kappa shape index (κ1) is 12.6. The summed E-state index contributed by atoms with van der Waals surface area (Å²) in [6.07, 6.45) is 4.03. The van der Waals surface area contributed by atoms with E-state index < -0.39 is 5.41 Å². The maximum Gasteiger partial charge on any atom is 0.312 e. The van der Waals surface area contributed by atoms with Gasteiger partial charge in [-0.15, -0.1) is 0 Å². The third-order valence-electron chi connectivity index (χ3n) is 3.62. The molecule has 18 heavy (non-hydrogen) atoms. The Morgan fingerprint density at radius 2 is 2.00 bits per heavy atom. The normalized spacial score (nSPS) is 18.4. The second-order valence-corrected chi connectivity index (χ2v) is 5.16. The standard InChI is InChI=1S/C16H18O2/c1-11-9-10-14(16(2,3)15(17)18-4)13-8-6-5-7-12(11)13/h5-10,14H,1H2,2-4H3.